The third-order valence-electron chi connectivity index (χ3n) is 3.56. The van der Waals surface area contributed by atoms with Crippen molar-refractivity contribution in [2.45, 2.75) is 52.2 Å². The van der Waals surface area contributed by atoms with E-state index < -0.39 is 0 Å². The lowest BCUT2D eigenvalue weighted by atomic mass is 9.64. The van der Waals surface area contributed by atoms with Gasteiger partial charge in [0.25, 0.3) is 0 Å². The van der Waals surface area contributed by atoms with Gasteiger partial charge >= 0.3 is 0 Å². The molecule has 2 atom stereocenters. The molecular formula is C12H26IN3O. The number of hydrogen-bond donors (Lipinski definition) is 2. The van der Waals surface area contributed by atoms with E-state index in [4.69, 9.17) is 10.5 Å². The first-order chi connectivity index (χ1) is 7.52. The van der Waals surface area contributed by atoms with Crippen molar-refractivity contribution in [1.29, 1.82) is 0 Å². The smallest absolute Gasteiger partial charge is 0.188 e. The van der Waals surface area contributed by atoms with Crippen molar-refractivity contribution in [1.82, 2.24) is 5.32 Å². The van der Waals surface area contributed by atoms with Gasteiger partial charge in [-0.2, -0.15) is 0 Å². The van der Waals surface area contributed by atoms with Gasteiger partial charge in [-0.15, -0.1) is 24.0 Å². The zero-order chi connectivity index (χ0) is 12.2. The Morgan fingerprint density at radius 2 is 2.18 bits per heavy atom. The number of halogens is 1. The second kappa shape index (κ2) is 7.41. The van der Waals surface area contributed by atoms with Crippen LogP contribution in [-0.4, -0.2) is 31.8 Å². The molecule has 1 saturated carbocycles. The lowest BCUT2D eigenvalue weighted by Crippen LogP contribution is -2.63. The van der Waals surface area contributed by atoms with Gasteiger partial charge < -0.3 is 15.8 Å². The highest BCUT2D eigenvalue weighted by molar-refractivity contribution is 14.0. The van der Waals surface area contributed by atoms with Gasteiger partial charge in [0.05, 0.1) is 6.10 Å². The number of aliphatic imine (C=N–C) groups is 1. The van der Waals surface area contributed by atoms with Crippen LogP contribution in [0.5, 0.6) is 0 Å². The molecular weight excluding hydrogens is 329 g/mol. The summed E-state index contributed by atoms with van der Waals surface area (Å²) in [6, 6.07) is 0.378. The molecule has 0 amide bonds. The zero-order valence-corrected chi connectivity index (χ0v) is 13.7. The molecule has 0 spiro atoms. The Bertz CT molecular complexity index is 256. The molecule has 1 fully saturated rings. The molecule has 0 saturated heterocycles. The van der Waals surface area contributed by atoms with Crippen molar-refractivity contribution in [3.05, 3.63) is 0 Å². The van der Waals surface area contributed by atoms with Crippen LogP contribution in [0.4, 0.5) is 0 Å². The van der Waals surface area contributed by atoms with Crippen LogP contribution in [-0.2, 0) is 4.74 Å². The number of unbranched alkanes of at least 4 members (excludes halogenated alkanes) is 1. The van der Waals surface area contributed by atoms with Gasteiger partial charge in [-0.1, -0.05) is 27.2 Å². The molecule has 3 N–H and O–H groups in total. The molecule has 0 aromatic rings. The first kappa shape index (κ1) is 17.0. The second-order valence-electron chi connectivity index (χ2n) is 5.08. The van der Waals surface area contributed by atoms with E-state index in [0.717, 1.165) is 19.4 Å². The van der Waals surface area contributed by atoms with Crippen molar-refractivity contribution < 1.29 is 4.74 Å². The minimum absolute atomic E-state index is 0. The Morgan fingerprint density at radius 1 is 1.53 bits per heavy atom. The Morgan fingerprint density at radius 3 is 2.65 bits per heavy atom. The highest BCUT2D eigenvalue weighted by atomic mass is 127. The van der Waals surface area contributed by atoms with Crippen molar-refractivity contribution in [2.24, 2.45) is 16.1 Å². The second-order valence-corrected chi connectivity index (χ2v) is 5.08. The van der Waals surface area contributed by atoms with Gasteiger partial charge in [0, 0.05) is 25.1 Å². The van der Waals surface area contributed by atoms with Crippen LogP contribution in [0.1, 0.15) is 40.0 Å². The molecule has 2 unspecified atom stereocenters. The number of hydrogen-bond acceptors (Lipinski definition) is 2. The molecule has 0 bridgehead atoms. The fourth-order valence-corrected chi connectivity index (χ4v) is 2.03. The van der Waals surface area contributed by atoms with Crippen LogP contribution < -0.4 is 11.1 Å². The van der Waals surface area contributed by atoms with Crippen LogP contribution in [0, 0.1) is 5.41 Å². The molecule has 0 heterocycles. The molecule has 0 aromatic carbocycles. The summed E-state index contributed by atoms with van der Waals surface area (Å²) < 4.78 is 5.86. The number of ether oxygens (including phenoxy) is 1. The van der Waals surface area contributed by atoms with Crippen LogP contribution in [0.15, 0.2) is 4.99 Å². The van der Waals surface area contributed by atoms with Gasteiger partial charge in [0.15, 0.2) is 5.96 Å². The molecule has 1 aliphatic rings. The van der Waals surface area contributed by atoms with Gasteiger partial charge in [-0.3, -0.25) is 4.99 Å². The molecule has 5 heteroatoms. The monoisotopic (exact) mass is 355 g/mol. The molecule has 1 aliphatic carbocycles. The van der Waals surface area contributed by atoms with Gasteiger partial charge in [-0.05, 0) is 12.8 Å². The van der Waals surface area contributed by atoms with E-state index in [1.165, 1.54) is 6.42 Å². The predicted octanol–water partition coefficient (Wildman–Crippen LogP) is 2.12. The average molecular weight is 355 g/mol. The van der Waals surface area contributed by atoms with Crippen LogP contribution in [0.25, 0.3) is 0 Å². The summed E-state index contributed by atoms with van der Waals surface area (Å²) in [7, 11) is 1.70. The van der Waals surface area contributed by atoms with E-state index in [1.54, 1.807) is 7.05 Å². The Labute approximate surface area is 122 Å². The van der Waals surface area contributed by atoms with E-state index in [-0.39, 0.29) is 29.4 Å². The SMILES string of the molecule is CCCCOC1CC(NC(N)=NC)C1(C)C.I. The summed E-state index contributed by atoms with van der Waals surface area (Å²) in [4.78, 5) is 3.92. The lowest BCUT2D eigenvalue weighted by Gasteiger charge is -2.51. The first-order valence-electron chi connectivity index (χ1n) is 6.12. The van der Waals surface area contributed by atoms with E-state index in [1.807, 2.05) is 0 Å². The van der Waals surface area contributed by atoms with E-state index in [2.05, 4.69) is 31.1 Å². The summed E-state index contributed by atoms with van der Waals surface area (Å²) in [6.07, 6.45) is 3.70. The number of guanidine groups is 1. The third-order valence-corrected chi connectivity index (χ3v) is 3.56. The molecule has 4 nitrogen and oxygen atoms in total. The molecule has 17 heavy (non-hydrogen) atoms. The quantitative estimate of drug-likeness (QED) is 0.344. The minimum atomic E-state index is 0. The maximum Gasteiger partial charge on any atom is 0.188 e. The Kier molecular flexibility index (Phi) is 7.39. The molecule has 1 rings (SSSR count). The minimum Gasteiger partial charge on any atom is -0.378 e. The molecule has 102 valence electrons. The van der Waals surface area contributed by atoms with Gasteiger partial charge in [-0.25, -0.2) is 0 Å². The summed E-state index contributed by atoms with van der Waals surface area (Å²) in [6.45, 7) is 7.48. The van der Waals surface area contributed by atoms with Crippen molar-refractivity contribution in [3.8, 4) is 0 Å². The maximum absolute atomic E-state index is 5.86. The first-order valence-corrected chi connectivity index (χ1v) is 6.12. The van der Waals surface area contributed by atoms with E-state index >= 15 is 0 Å². The normalized spacial score (nSPS) is 26.9. The van der Waals surface area contributed by atoms with Crippen LogP contribution >= 0.6 is 24.0 Å². The number of rotatable bonds is 5. The summed E-state index contributed by atoms with van der Waals surface area (Å²) in [5.74, 6) is 0.519. The van der Waals surface area contributed by atoms with Crippen LogP contribution in [0.2, 0.25) is 0 Å². The van der Waals surface area contributed by atoms with Crippen molar-refractivity contribution in [2.75, 3.05) is 13.7 Å². The largest absolute Gasteiger partial charge is 0.378 e. The predicted molar refractivity (Wildman–Crippen MR) is 82.9 cm³/mol. The van der Waals surface area contributed by atoms with E-state index in [9.17, 15) is 0 Å². The highest BCUT2D eigenvalue weighted by Crippen LogP contribution is 2.42. The van der Waals surface area contributed by atoms with Gasteiger partial charge in [0.1, 0.15) is 0 Å². The summed E-state index contributed by atoms with van der Waals surface area (Å²) in [5, 5.41) is 3.22. The maximum atomic E-state index is 5.86. The lowest BCUT2D eigenvalue weighted by molar-refractivity contribution is -0.113. The highest BCUT2D eigenvalue weighted by Gasteiger charge is 2.49. The topological polar surface area (TPSA) is 59.6 Å². The standard InChI is InChI=1S/C12H25N3O.HI/c1-5-6-7-16-10-8-9(12(10,2)3)15-11(13)14-4;/h9-10H,5-8H2,1-4H3,(H3,13,14,15);1H. The third kappa shape index (κ3) is 4.28. The van der Waals surface area contributed by atoms with Crippen molar-refractivity contribution >= 4 is 29.9 Å². The van der Waals surface area contributed by atoms with Crippen molar-refractivity contribution in [3.63, 3.8) is 0 Å². The van der Waals surface area contributed by atoms with E-state index in [0.29, 0.717) is 18.1 Å². The number of nitrogens with zero attached hydrogens (tertiary/aromatic N) is 1. The molecule has 0 radical (unpaired) electrons. The fourth-order valence-electron chi connectivity index (χ4n) is 2.03. The number of nitrogens with one attached hydrogen (secondary N) is 1. The van der Waals surface area contributed by atoms with Gasteiger partial charge in [0.2, 0.25) is 0 Å². The van der Waals surface area contributed by atoms with Crippen LogP contribution in [0.3, 0.4) is 0 Å². The summed E-state index contributed by atoms with van der Waals surface area (Å²) in [5.41, 5.74) is 5.81. The average Bonchev–Trinajstić information content (AvgIpc) is 2.26. The fraction of sp³-hybridized carbons (Fsp3) is 0.917. The molecule has 0 aliphatic heterocycles. The molecule has 0 aromatic heterocycles. The number of nitrogens with two attached hydrogens (primary N) is 1. The Hall–Kier alpha value is -0.0400. The summed E-state index contributed by atoms with van der Waals surface area (Å²) >= 11 is 0. The Balaban J connectivity index is 0.00000256. The zero-order valence-electron chi connectivity index (χ0n) is 11.3.